The van der Waals surface area contributed by atoms with Crippen molar-refractivity contribution in [1.29, 1.82) is 0 Å². The number of aliphatic hydroxyl groups is 1. The predicted molar refractivity (Wildman–Crippen MR) is 60.4 cm³/mol. The van der Waals surface area contributed by atoms with Crippen LogP contribution in [0.2, 0.25) is 0 Å². The maximum absolute atomic E-state index is 9.59. The number of oxazole rings is 1. The van der Waals surface area contributed by atoms with E-state index in [9.17, 15) is 5.11 Å². The molecule has 3 nitrogen and oxygen atoms in total. The molecule has 1 unspecified atom stereocenters. The van der Waals surface area contributed by atoms with Crippen LogP contribution in [0.1, 0.15) is 61.8 Å². The van der Waals surface area contributed by atoms with Gasteiger partial charge < -0.3 is 9.52 Å². The van der Waals surface area contributed by atoms with Gasteiger partial charge in [0.2, 0.25) is 0 Å². The van der Waals surface area contributed by atoms with Gasteiger partial charge in [0, 0.05) is 12.3 Å². The van der Waals surface area contributed by atoms with Gasteiger partial charge in [0.1, 0.15) is 5.76 Å². The average molecular weight is 221 g/mol. The number of nitrogens with zero attached hydrogens (tertiary/aromatic N) is 1. The lowest BCUT2D eigenvalue weighted by atomic mass is 9.89. The number of fused-ring (bicyclic) bond motifs is 1. The smallest absolute Gasteiger partial charge is 0.197 e. The van der Waals surface area contributed by atoms with E-state index in [1.165, 1.54) is 32.1 Å². The van der Waals surface area contributed by atoms with Gasteiger partial charge in [-0.05, 0) is 25.7 Å². The minimum absolute atomic E-state index is 0.223. The first-order valence-corrected chi connectivity index (χ1v) is 6.49. The molecule has 16 heavy (non-hydrogen) atoms. The second-order valence-corrected chi connectivity index (χ2v) is 5.15. The van der Waals surface area contributed by atoms with Gasteiger partial charge in [-0.1, -0.05) is 19.3 Å². The van der Waals surface area contributed by atoms with Crippen molar-refractivity contribution in [3.05, 3.63) is 17.3 Å². The predicted octanol–water partition coefficient (Wildman–Crippen LogP) is 2.57. The number of hydrogen-bond donors (Lipinski definition) is 1. The lowest BCUT2D eigenvalue weighted by Crippen LogP contribution is -2.17. The maximum atomic E-state index is 9.59. The van der Waals surface area contributed by atoms with Gasteiger partial charge in [0.05, 0.1) is 11.8 Å². The van der Waals surface area contributed by atoms with Crippen LogP contribution in [0.25, 0.3) is 0 Å². The lowest BCUT2D eigenvalue weighted by Gasteiger charge is -2.17. The third-order valence-corrected chi connectivity index (χ3v) is 3.88. The van der Waals surface area contributed by atoms with E-state index in [2.05, 4.69) is 4.98 Å². The van der Waals surface area contributed by atoms with Crippen LogP contribution in [0, 0.1) is 0 Å². The highest BCUT2D eigenvalue weighted by Gasteiger charge is 2.26. The second kappa shape index (κ2) is 4.21. The van der Waals surface area contributed by atoms with Crippen LogP contribution in [0.15, 0.2) is 4.42 Å². The van der Waals surface area contributed by atoms with Crippen LogP contribution in [0.5, 0.6) is 0 Å². The number of aryl methyl sites for hydroxylation is 1. The summed E-state index contributed by atoms with van der Waals surface area (Å²) in [6.45, 7) is 0. The van der Waals surface area contributed by atoms with E-state index in [0.29, 0.717) is 12.3 Å². The molecule has 0 aromatic carbocycles. The van der Waals surface area contributed by atoms with Crippen molar-refractivity contribution >= 4 is 0 Å². The summed E-state index contributed by atoms with van der Waals surface area (Å²) in [7, 11) is 0. The zero-order valence-electron chi connectivity index (χ0n) is 9.61. The van der Waals surface area contributed by atoms with Crippen molar-refractivity contribution in [3.8, 4) is 0 Å². The van der Waals surface area contributed by atoms with E-state index in [0.717, 1.165) is 30.2 Å². The molecule has 3 heteroatoms. The van der Waals surface area contributed by atoms with Gasteiger partial charge in [-0.3, -0.25) is 0 Å². The molecule has 2 aliphatic carbocycles. The van der Waals surface area contributed by atoms with Crippen molar-refractivity contribution < 1.29 is 9.52 Å². The third kappa shape index (κ3) is 1.88. The van der Waals surface area contributed by atoms with E-state index in [1.54, 1.807) is 0 Å². The monoisotopic (exact) mass is 221 g/mol. The fourth-order valence-electron chi connectivity index (χ4n) is 2.90. The summed E-state index contributed by atoms with van der Waals surface area (Å²) in [6.07, 6.45) is 8.57. The molecule has 1 heterocycles. The van der Waals surface area contributed by atoms with E-state index >= 15 is 0 Å². The zero-order valence-corrected chi connectivity index (χ0v) is 9.61. The summed E-state index contributed by atoms with van der Waals surface area (Å²) in [5.74, 6) is 2.43. The van der Waals surface area contributed by atoms with Crippen LogP contribution < -0.4 is 0 Å². The van der Waals surface area contributed by atoms with Gasteiger partial charge in [-0.25, -0.2) is 4.98 Å². The molecule has 0 aliphatic heterocycles. The molecule has 3 rings (SSSR count). The maximum Gasteiger partial charge on any atom is 0.197 e. The fraction of sp³-hybridized carbons (Fsp3) is 0.769. The first-order valence-electron chi connectivity index (χ1n) is 6.49. The molecule has 1 aromatic rings. The third-order valence-electron chi connectivity index (χ3n) is 3.88. The quantitative estimate of drug-likeness (QED) is 0.792. The van der Waals surface area contributed by atoms with Crippen molar-refractivity contribution in [2.24, 2.45) is 0 Å². The molecule has 0 radical (unpaired) electrons. The van der Waals surface area contributed by atoms with E-state index in [1.807, 2.05) is 0 Å². The lowest BCUT2D eigenvalue weighted by molar-refractivity contribution is 0.148. The van der Waals surface area contributed by atoms with Gasteiger partial charge in [-0.2, -0.15) is 0 Å². The zero-order chi connectivity index (χ0) is 11.0. The number of rotatable bonds is 1. The van der Waals surface area contributed by atoms with Crippen molar-refractivity contribution in [3.63, 3.8) is 0 Å². The van der Waals surface area contributed by atoms with E-state index in [-0.39, 0.29) is 6.10 Å². The summed E-state index contributed by atoms with van der Waals surface area (Å²) in [6, 6.07) is 0. The minimum atomic E-state index is -0.223. The molecular formula is C13H19NO2. The van der Waals surface area contributed by atoms with Gasteiger partial charge >= 0.3 is 0 Å². The first kappa shape index (κ1) is 10.3. The Morgan fingerprint density at radius 2 is 1.94 bits per heavy atom. The first-order chi connectivity index (χ1) is 7.83. The molecule has 0 amide bonds. The van der Waals surface area contributed by atoms with Crippen molar-refractivity contribution in [2.45, 2.75) is 63.4 Å². The normalized spacial score (nSPS) is 26.7. The Kier molecular flexibility index (Phi) is 2.72. The fourth-order valence-corrected chi connectivity index (χ4v) is 2.90. The van der Waals surface area contributed by atoms with Crippen LogP contribution in [-0.2, 0) is 12.8 Å². The standard InChI is InChI=1S/C13H19NO2/c15-10-6-7-11-12(8-10)16-13(14-11)9-4-2-1-3-5-9/h9-10,15H,1-8H2. The average Bonchev–Trinajstić information content (AvgIpc) is 2.73. The van der Waals surface area contributed by atoms with Gasteiger partial charge in [-0.15, -0.1) is 0 Å². The summed E-state index contributed by atoms with van der Waals surface area (Å²) >= 11 is 0. The Hall–Kier alpha value is -0.830. The Labute approximate surface area is 95.9 Å². The van der Waals surface area contributed by atoms with Crippen molar-refractivity contribution in [2.75, 3.05) is 0 Å². The number of hydrogen-bond acceptors (Lipinski definition) is 3. The molecule has 1 aromatic heterocycles. The van der Waals surface area contributed by atoms with Crippen LogP contribution in [0.4, 0.5) is 0 Å². The van der Waals surface area contributed by atoms with E-state index in [4.69, 9.17) is 4.42 Å². The number of aliphatic hydroxyl groups excluding tert-OH is 1. The molecule has 1 saturated carbocycles. The molecule has 2 aliphatic rings. The minimum Gasteiger partial charge on any atom is -0.445 e. The summed E-state index contributed by atoms with van der Waals surface area (Å²) < 4.78 is 5.84. The summed E-state index contributed by atoms with van der Waals surface area (Å²) in [4.78, 5) is 4.63. The van der Waals surface area contributed by atoms with Gasteiger partial charge in [0.15, 0.2) is 5.89 Å². The Bertz CT molecular complexity index is 366. The van der Waals surface area contributed by atoms with Crippen molar-refractivity contribution in [1.82, 2.24) is 4.98 Å². The molecule has 0 saturated heterocycles. The molecule has 0 spiro atoms. The number of aromatic nitrogens is 1. The Morgan fingerprint density at radius 3 is 2.75 bits per heavy atom. The highest BCUT2D eigenvalue weighted by Crippen LogP contribution is 2.34. The molecule has 1 atom stereocenters. The second-order valence-electron chi connectivity index (χ2n) is 5.15. The highest BCUT2D eigenvalue weighted by atomic mass is 16.4. The largest absolute Gasteiger partial charge is 0.445 e. The Balaban J connectivity index is 1.80. The molecule has 1 fully saturated rings. The highest BCUT2D eigenvalue weighted by molar-refractivity contribution is 5.16. The SMILES string of the molecule is OC1CCc2nc(C3CCCCC3)oc2C1. The Morgan fingerprint density at radius 1 is 1.12 bits per heavy atom. The summed E-state index contributed by atoms with van der Waals surface area (Å²) in [5.41, 5.74) is 1.10. The van der Waals surface area contributed by atoms with E-state index < -0.39 is 0 Å². The molecule has 88 valence electrons. The molecule has 0 bridgehead atoms. The van der Waals surface area contributed by atoms with Gasteiger partial charge in [0.25, 0.3) is 0 Å². The summed E-state index contributed by atoms with van der Waals surface area (Å²) in [5, 5.41) is 9.59. The topological polar surface area (TPSA) is 46.3 Å². The molecular weight excluding hydrogens is 202 g/mol. The van der Waals surface area contributed by atoms with Crippen LogP contribution in [-0.4, -0.2) is 16.2 Å². The van der Waals surface area contributed by atoms with Crippen LogP contribution >= 0.6 is 0 Å². The van der Waals surface area contributed by atoms with Crippen LogP contribution in [0.3, 0.4) is 0 Å². The molecule has 1 N–H and O–H groups in total.